The molecule has 196 valence electrons. The van der Waals surface area contributed by atoms with Gasteiger partial charge in [0, 0.05) is 29.2 Å². The molecule has 1 heterocycles. The highest BCUT2D eigenvalue weighted by atomic mass is 35.5. The van der Waals surface area contributed by atoms with E-state index in [4.69, 9.17) is 37.6 Å². The zero-order valence-electron chi connectivity index (χ0n) is 20.3. The van der Waals surface area contributed by atoms with Crippen LogP contribution in [0.25, 0.3) is 11.5 Å². The zero-order valence-corrected chi connectivity index (χ0v) is 22.6. The maximum Gasteiger partial charge on any atom is 0.247 e. The predicted molar refractivity (Wildman–Crippen MR) is 140 cm³/mol. The molecule has 12 heteroatoms. The van der Waals surface area contributed by atoms with Gasteiger partial charge in [-0.3, -0.25) is 0 Å². The van der Waals surface area contributed by atoms with Gasteiger partial charge in [-0.2, -0.15) is 9.57 Å². The third-order valence-corrected chi connectivity index (χ3v) is 8.18. The molecule has 4 rings (SSSR count). The van der Waals surface area contributed by atoms with Crippen molar-refractivity contribution in [2.45, 2.75) is 25.2 Å². The number of hydrogen-bond donors (Lipinski definition) is 0. The Morgan fingerprint density at radius 2 is 1.76 bits per heavy atom. The summed E-state index contributed by atoms with van der Waals surface area (Å²) < 4.78 is 53.4. The van der Waals surface area contributed by atoms with E-state index in [0.717, 1.165) is 0 Å². The van der Waals surface area contributed by atoms with Crippen molar-refractivity contribution in [3.63, 3.8) is 0 Å². The molecule has 0 atom stereocenters. The van der Waals surface area contributed by atoms with Gasteiger partial charge in [-0.1, -0.05) is 43.1 Å². The van der Waals surface area contributed by atoms with Crippen LogP contribution in [0.4, 0.5) is 4.39 Å². The molecule has 8 nitrogen and oxygen atoms in total. The number of aromatic nitrogens is 2. The minimum atomic E-state index is -3.60. The molecule has 0 amide bonds. The summed E-state index contributed by atoms with van der Waals surface area (Å²) in [7, 11) is -3.60. The van der Waals surface area contributed by atoms with Gasteiger partial charge in [0.15, 0.2) is 11.6 Å². The van der Waals surface area contributed by atoms with Crippen LogP contribution in [-0.4, -0.2) is 36.0 Å². The molecule has 0 unspecified atom stereocenters. The second kappa shape index (κ2) is 11.5. The molecular weight excluding hydrogens is 554 g/mol. The van der Waals surface area contributed by atoms with E-state index in [-0.39, 0.29) is 55.8 Å². The first-order valence-corrected chi connectivity index (χ1v) is 13.6. The van der Waals surface area contributed by atoms with E-state index >= 15 is 4.39 Å². The summed E-state index contributed by atoms with van der Waals surface area (Å²) in [5.41, 5.74) is 0.942. The zero-order chi connectivity index (χ0) is 27.4. The first-order valence-electron chi connectivity index (χ1n) is 11.4. The van der Waals surface area contributed by atoms with Crippen LogP contribution in [-0.2, 0) is 16.4 Å². The largest absolute Gasteiger partial charge is 0.453 e. The second-order valence-electron chi connectivity index (χ2n) is 8.03. The van der Waals surface area contributed by atoms with Crippen LogP contribution in [0.2, 0.25) is 10.0 Å². The van der Waals surface area contributed by atoms with Crippen molar-refractivity contribution in [2.24, 2.45) is 0 Å². The second-order valence-corrected chi connectivity index (χ2v) is 10.8. The number of nitriles is 1. The lowest BCUT2D eigenvalue weighted by Crippen LogP contribution is -2.30. The van der Waals surface area contributed by atoms with Gasteiger partial charge in [0.05, 0.1) is 28.0 Å². The fourth-order valence-corrected chi connectivity index (χ4v) is 5.56. The van der Waals surface area contributed by atoms with Gasteiger partial charge in [-0.05, 0) is 48.5 Å². The highest BCUT2D eigenvalue weighted by molar-refractivity contribution is 7.89. The summed E-state index contributed by atoms with van der Waals surface area (Å²) in [6.45, 7) is 4.27. The average Bonchev–Trinajstić information content (AvgIpc) is 3.37. The molecule has 0 spiro atoms. The van der Waals surface area contributed by atoms with Gasteiger partial charge in [-0.25, -0.2) is 12.8 Å². The molecule has 0 N–H and O–H groups in total. The van der Waals surface area contributed by atoms with E-state index in [2.05, 4.69) is 10.2 Å². The Labute approximate surface area is 229 Å². The first kappa shape index (κ1) is 27.5. The fraction of sp³-hybridized carbons (Fsp3) is 0.192. The van der Waals surface area contributed by atoms with E-state index in [0.29, 0.717) is 18.7 Å². The van der Waals surface area contributed by atoms with Crippen LogP contribution in [0.15, 0.2) is 63.9 Å². The van der Waals surface area contributed by atoms with E-state index < -0.39 is 15.8 Å². The molecule has 0 aliphatic rings. The average molecular weight is 575 g/mol. The maximum atomic E-state index is 15.3. The minimum Gasteiger partial charge on any atom is -0.453 e. The summed E-state index contributed by atoms with van der Waals surface area (Å²) in [5.74, 6) is -0.539. The van der Waals surface area contributed by atoms with Crippen LogP contribution in [0.1, 0.15) is 30.9 Å². The van der Waals surface area contributed by atoms with E-state index in [9.17, 15) is 8.42 Å². The van der Waals surface area contributed by atoms with Crippen molar-refractivity contribution in [1.82, 2.24) is 14.5 Å². The quantitative estimate of drug-likeness (QED) is 0.225. The molecule has 0 saturated heterocycles. The summed E-state index contributed by atoms with van der Waals surface area (Å²) in [6, 6.07) is 15.3. The Morgan fingerprint density at radius 3 is 2.42 bits per heavy atom. The summed E-state index contributed by atoms with van der Waals surface area (Å²) >= 11 is 12.2. The lowest BCUT2D eigenvalue weighted by molar-refractivity contribution is 0.437. The summed E-state index contributed by atoms with van der Waals surface area (Å²) in [4.78, 5) is 0.155. The highest BCUT2D eigenvalue weighted by Crippen LogP contribution is 2.36. The molecule has 0 radical (unpaired) electrons. The third-order valence-electron chi connectivity index (χ3n) is 5.60. The first-order chi connectivity index (χ1) is 18.2. The molecule has 0 aliphatic heterocycles. The molecule has 38 heavy (non-hydrogen) atoms. The number of nitrogens with zero attached hydrogens (tertiary/aromatic N) is 4. The van der Waals surface area contributed by atoms with Gasteiger partial charge in [0.1, 0.15) is 5.75 Å². The van der Waals surface area contributed by atoms with Crippen molar-refractivity contribution in [3.05, 3.63) is 87.5 Å². The molecule has 4 aromatic rings. The van der Waals surface area contributed by atoms with Crippen LogP contribution >= 0.6 is 23.2 Å². The lowest BCUT2D eigenvalue weighted by Gasteiger charge is -2.18. The minimum absolute atomic E-state index is 0.0238. The van der Waals surface area contributed by atoms with Crippen molar-refractivity contribution in [3.8, 4) is 29.0 Å². The van der Waals surface area contributed by atoms with Crippen molar-refractivity contribution < 1.29 is 22.0 Å². The van der Waals surface area contributed by atoms with Crippen LogP contribution in [0.5, 0.6) is 11.5 Å². The van der Waals surface area contributed by atoms with Gasteiger partial charge in [0.25, 0.3) is 0 Å². The van der Waals surface area contributed by atoms with Gasteiger partial charge < -0.3 is 9.15 Å². The lowest BCUT2D eigenvalue weighted by atomic mass is 10.1. The van der Waals surface area contributed by atoms with Crippen molar-refractivity contribution >= 4 is 33.2 Å². The third kappa shape index (κ3) is 5.81. The number of ether oxygens (including phenoxy) is 1. The monoisotopic (exact) mass is 574 g/mol. The van der Waals surface area contributed by atoms with E-state index in [1.807, 2.05) is 6.07 Å². The van der Waals surface area contributed by atoms with Gasteiger partial charge in [-0.15, -0.1) is 10.2 Å². The molecule has 0 saturated carbocycles. The number of benzene rings is 3. The van der Waals surface area contributed by atoms with Crippen LogP contribution in [0.3, 0.4) is 0 Å². The number of halogens is 3. The smallest absolute Gasteiger partial charge is 0.247 e. The van der Waals surface area contributed by atoms with Crippen LogP contribution in [0, 0.1) is 17.1 Å². The normalized spacial score (nSPS) is 11.5. The Morgan fingerprint density at radius 1 is 1.05 bits per heavy atom. The Balaban J connectivity index is 1.55. The fourth-order valence-electron chi connectivity index (χ4n) is 3.69. The van der Waals surface area contributed by atoms with Crippen molar-refractivity contribution in [1.29, 1.82) is 5.26 Å². The summed E-state index contributed by atoms with van der Waals surface area (Å²) in [6.07, 6.45) is -0.0558. The van der Waals surface area contributed by atoms with E-state index in [1.54, 1.807) is 26.0 Å². The predicted octanol–water partition coefficient (Wildman–Crippen LogP) is 6.47. The molecule has 0 aliphatic carbocycles. The Bertz CT molecular complexity index is 1620. The van der Waals surface area contributed by atoms with Gasteiger partial charge >= 0.3 is 0 Å². The maximum absolute atomic E-state index is 15.3. The number of rotatable bonds is 9. The molecule has 3 aromatic carbocycles. The molecule has 0 fully saturated rings. The number of hydrogen-bond acceptors (Lipinski definition) is 7. The van der Waals surface area contributed by atoms with Gasteiger partial charge in [0.2, 0.25) is 21.8 Å². The topological polar surface area (TPSA) is 109 Å². The Kier molecular flexibility index (Phi) is 8.33. The Hall–Kier alpha value is -3.49. The standard InChI is InChI=1S/C26H21Cl2FN4O4S/c1-3-33(4-2)38(34,35)21-8-5-17(6-9-21)26-32-31-23(37-26)13-18-7-10-22(28)25(24(18)29)36-20-12-16(15-30)11-19(27)14-20/h5-12,14H,3-4,13H2,1-2H3. The number of sulfonamides is 1. The van der Waals surface area contributed by atoms with Crippen molar-refractivity contribution in [2.75, 3.05) is 13.1 Å². The van der Waals surface area contributed by atoms with Crippen LogP contribution < -0.4 is 4.74 Å². The highest BCUT2D eigenvalue weighted by Gasteiger charge is 2.22. The molecule has 0 bridgehead atoms. The SMILES string of the molecule is CCN(CC)S(=O)(=O)c1ccc(-c2nnc(Cc3ccc(Cl)c(Oc4cc(Cl)cc(C#N)c4)c3F)o2)cc1. The molecule has 1 aromatic heterocycles. The van der Waals surface area contributed by atoms with E-state index in [1.165, 1.54) is 46.8 Å². The summed E-state index contributed by atoms with van der Waals surface area (Å²) in [5, 5.41) is 17.4. The molecular formula is C26H21Cl2FN4O4S.